The van der Waals surface area contributed by atoms with Gasteiger partial charge in [-0.1, -0.05) is 69.4 Å². The Morgan fingerprint density at radius 2 is 1.67 bits per heavy atom. The summed E-state index contributed by atoms with van der Waals surface area (Å²) in [5.74, 6) is -0.382. The minimum atomic E-state index is -1.98. The summed E-state index contributed by atoms with van der Waals surface area (Å²) >= 11 is 0. The van der Waals surface area contributed by atoms with E-state index in [0.29, 0.717) is 19.3 Å². The summed E-state index contributed by atoms with van der Waals surface area (Å²) in [7, 11) is -1.98. The van der Waals surface area contributed by atoms with Gasteiger partial charge >= 0.3 is 5.97 Å². The number of carbonyl (C=O) groups is 1. The second-order valence-corrected chi connectivity index (χ2v) is 19.2. The number of fused-ring (bicyclic) bond motifs is 4. The molecule has 10 nitrogen and oxygen atoms in total. The van der Waals surface area contributed by atoms with Crippen LogP contribution in [0.1, 0.15) is 47.0 Å². The lowest BCUT2D eigenvalue weighted by Crippen LogP contribution is -2.63. The minimum Gasteiger partial charge on any atom is -0.456 e. The third-order valence-electron chi connectivity index (χ3n) is 9.89. The van der Waals surface area contributed by atoms with Gasteiger partial charge in [-0.2, -0.15) is 0 Å². The SMILES string of the molecule is C=CC[C@H]1O[C@H]2C=C[C@H]3O[C@H]4[C@H](O)[C@H]5O[C@@H](/C=C/[C@H](O)CO[Si](C)(C)C(C)(C)C)C=CC[C@@H]5O[C@@H]4C[C@@H]3O[C@@H]2C=C[C@@H]1OC(C)=O. The van der Waals surface area contributed by atoms with Crippen molar-refractivity contribution in [1.82, 2.24) is 0 Å². The van der Waals surface area contributed by atoms with Crippen molar-refractivity contribution in [1.29, 1.82) is 0 Å². The number of rotatable bonds is 8. The largest absolute Gasteiger partial charge is 0.456 e. The second kappa shape index (κ2) is 14.7. The predicted molar refractivity (Wildman–Crippen MR) is 175 cm³/mol. The molecule has 5 rings (SSSR count). The van der Waals surface area contributed by atoms with E-state index in [2.05, 4.69) is 40.4 Å². The molecule has 46 heavy (non-hydrogen) atoms. The number of hydrogen-bond acceptors (Lipinski definition) is 10. The zero-order chi connectivity index (χ0) is 33.2. The summed E-state index contributed by atoms with van der Waals surface area (Å²) < 4.78 is 43.9. The minimum absolute atomic E-state index is 0.0559. The maximum atomic E-state index is 11.7. The first-order valence-corrected chi connectivity index (χ1v) is 19.4. The van der Waals surface area contributed by atoms with Crippen LogP contribution in [0, 0.1) is 0 Å². The molecule has 11 heteroatoms. The average Bonchev–Trinajstić information content (AvgIpc) is 3.36. The Bertz CT molecular complexity index is 1190. The number of esters is 1. The van der Waals surface area contributed by atoms with E-state index >= 15 is 0 Å². The van der Waals surface area contributed by atoms with Crippen LogP contribution < -0.4 is 0 Å². The van der Waals surface area contributed by atoms with Gasteiger partial charge in [0.15, 0.2) is 8.32 Å². The molecular weight excluding hydrogens is 608 g/mol. The molecule has 0 unspecified atom stereocenters. The van der Waals surface area contributed by atoms with Crippen LogP contribution in [0.15, 0.2) is 61.3 Å². The second-order valence-electron chi connectivity index (χ2n) is 14.4. The topological polar surface area (TPSA) is 122 Å². The highest BCUT2D eigenvalue weighted by Crippen LogP contribution is 2.40. The summed E-state index contributed by atoms with van der Waals surface area (Å²) in [6, 6.07) is 0. The molecule has 0 saturated carbocycles. The predicted octanol–water partition coefficient (Wildman–Crippen LogP) is 4.08. The zero-order valence-electron chi connectivity index (χ0n) is 27.9. The van der Waals surface area contributed by atoms with E-state index < -0.39 is 69.4 Å². The quantitative estimate of drug-likeness (QED) is 0.224. The van der Waals surface area contributed by atoms with E-state index in [0.717, 1.165) is 0 Å². The van der Waals surface area contributed by atoms with Gasteiger partial charge < -0.3 is 43.1 Å². The first-order valence-electron chi connectivity index (χ1n) is 16.5. The van der Waals surface area contributed by atoms with Gasteiger partial charge in [-0.05, 0) is 37.0 Å². The van der Waals surface area contributed by atoms with Crippen LogP contribution in [-0.2, 0) is 37.6 Å². The van der Waals surface area contributed by atoms with Gasteiger partial charge in [-0.15, -0.1) is 6.58 Å². The normalized spacial score (nSPS) is 40.0. The Morgan fingerprint density at radius 1 is 0.978 bits per heavy atom. The molecule has 5 aliphatic rings. The van der Waals surface area contributed by atoms with Crippen LogP contribution in [0.25, 0.3) is 0 Å². The van der Waals surface area contributed by atoms with Crippen LogP contribution in [-0.4, -0.2) is 110 Å². The molecule has 0 spiro atoms. The van der Waals surface area contributed by atoms with E-state index in [9.17, 15) is 15.0 Å². The smallest absolute Gasteiger partial charge is 0.303 e. The molecule has 5 aliphatic heterocycles. The number of carbonyl (C=O) groups excluding carboxylic acids is 1. The Balaban J connectivity index is 1.22. The van der Waals surface area contributed by atoms with Gasteiger partial charge in [0, 0.05) is 13.3 Å². The highest BCUT2D eigenvalue weighted by Gasteiger charge is 2.53. The van der Waals surface area contributed by atoms with Crippen LogP contribution in [0.5, 0.6) is 0 Å². The average molecular weight is 661 g/mol. The van der Waals surface area contributed by atoms with Crippen molar-refractivity contribution in [2.75, 3.05) is 6.61 Å². The lowest BCUT2D eigenvalue weighted by atomic mass is 9.87. The number of ether oxygens (including phenoxy) is 6. The first-order chi connectivity index (χ1) is 21.8. The van der Waals surface area contributed by atoms with Crippen LogP contribution in [0.3, 0.4) is 0 Å². The molecule has 5 heterocycles. The van der Waals surface area contributed by atoms with Gasteiger partial charge in [-0.25, -0.2) is 0 Å². The summed E-state index contributed by atoms with van der Waals surface area (Å²) in [5.41, 5.74) is 0. The van der Waals surface area contributed by atoms with Gasteiger partial charge in [0.25, 0.3) is 0 Å². The number of aliphatic hydroxyl groups is 2. The molecule has 2 saturated heterocycles. The highest BCUT2D eigenvalue weighted by molar-refractivity contribution is 6.74. The van der Waals surface area contributed by atoms with Gasteiger partial charge in [-0.3, -0.25) is 4.79 Å². The van der Waals surface area contributed by atoms with E-state index in [4.69, 9.17) is 32.8 Å². The van der Waals surface area contributed by atoms with Crippen LogP contribution >= 0.6 is 0 Å². The molecule has 0 aliphatic carbocycles. The first kappa shape index (κ1) is 35.4. The molecule has 0 aromatic carbocycles. The third kappa shape index (κ3) is 8.19. The fourth-order valence-corrected chi connectivity index (χ4v) is 7.33. The van der Waals surface area contributed by atoms with Crippen molar-refractivity contribution < 1.29 is 47.9 Å². The van der Waals surface area contributed by atoms with Gasteiger partial charge in [0.05, 0.1) is 37.1 Å². The van der Waals surface area contributed by atoms with E-state index in [1.54, 1.807) is 18.2 Å². The molecule has 0 aromatic rings. The summed E-state index contributed by atoms with van der Waals surface area (Å²) in [5, 5.41) is 22.2. The van der Waals surface area contributed by atoms with Crippen LogP contribution in [0.4, 0.5) is 0 Å². The highest BCUT2D eigenvalue weighted by atomic mass is 28.4. The Hall–Kier alpha value is -1.93. The molecule has 0 aromatic heterocycles. The fourth-order valence-electron chi connectivity index (χ4n) is 6.31. The summed E-state index contributed by atoms with van der Waals surface area (Å²) in [4.78, 5) is 11.7. The Labute approximate surface area is 274 Å². The van der Waals surface area contributed by atoms with Crippen molar-refractivity contribution >= 4 is 14.3 Å². The lowest BCUT2D eigenvalue weighted by molar-refractivity contribution is -0.287. The van der Waals surface area contributed by atoms with Gasteiger partial charge in [0.1, 0.15) is 48.8 Å². The summed E-state index contributed by atoms with van der Waals surface area (Å²) in [6.45, 7) is 16.3. The molecule has 0 radical (unpaired) electrons. The van der Waals surface area contributed by atoms with Crippen molar-refractivity contribution in [3.05, 3.63) is 61.3 Å². The molecule has 256 valence electrons. The fraction of sp³-hybridized carbons (Fsp3) is 0.686. The molecule has 13 atom stereocenters. The summed E-state index contributed by atoms with van der Waals surface area (Å²) in [6.07, 6.45) is 11.7. The molecule has 2 N–H and O–H groups in total. The van der Waals surface area contributed by atoms with Crippen molar-refractivity contribution in [3.63, 3.8) is 0 Å². The lowest BCUT2D eigenvalue weighted by Gasteiger charge is -2.49. The maximum absolute atomic E-state index is 11.7. The molecule has 0 amide bonds. The molecule has 0 bridgehead atoms. The Kier molecular flexibility index (Phi) is 11.3. The molecular formula is C35H52O10Si. The number of hydrogen-bond donors (Lipinski definition) is 2. The van der Waals surface area contributed by atoms with E-state index in [-0.39, 0.29) is 35.9 Å². The standard InChI is InChI=1S/C35H52O10Si/c1-8-10-24-25(40-21(2)36)15-16-27-26(42-24)17-18-28-30(43-27)19-31-34(45-28)32(38)33-29(44-31)12-9-11-23(41-33)14-13-22(37)20-39-46(6,7)35(3,4)5/h8-9,11,13-18,22-34,37-38H,1,10,12,19-20H2,2-7H3/b14-13+/t22-,23+,24+,25-,26-,27+,28+,29-,30-,31+,32+,33-,34+/m0/s1. The maximum Gasteiger partial charge on any atom is 0.303 e. The Morgan fingerprint density at radius 3 is 2.39 bits per heavy atom. The van der Waals surface area contributed by atoms with Crippen molar-refractivity contribution in [2.45, 2.75) is 144 Å². The van der Waals surface area contributed by atoms with Crippen molar-refractivity contribution in [3.8, 4) is 0 Å². The zero-order valence-corrected chi connectivity index (χ0v) is 28.9. The molecule has 2 fully saturated rings. The number of aliphatic hydroxyl groups excluding tert-OH is 2. The van der Waals surface area contributed by atoms with Crippen LogP contribution in [0.2, 0.25) is 18.1 Å². The van der Waals surface area contributed by atoms with Crippen molar-refractivity contribution in [2.24, 2.45) is 0 Å². The third-order valence-corrected chi connectivity index (χ3v) is 14.4. The monoisotopic (exact) mass is 660 g/mol. The van der Waals surface area contributed by atoms with Gasteiger partial charge in [0.2, 0.25) is 0 Å². The van der Waals surface area contributed by atoms with E-state index in [1.807, 2.05) is 36.5 Å². The van der Waals surface area contributed by atoms with E-state index in [1.165, 1.54) is 6.92 Å².